The summed E-state index contributed by atoms with van der Waals surface area (Å²) in [7, 11) is 3.04. The lowest BCUT2D eigenvalue weighted by molar-refractivity contribution is -0.147. The number of nitrogens with one attached hydrogen (secondary N) is 1. The van der Waals surface area contributed by atoms with E-state index >= 15 is 0 Å². The summed E-state index contributed by atoms with van der Waals surface area (Å²) < 4.78 is 32.6. The van der Waals surface area contributed by atoms with Gasteiger partial charge in [0.15, 0.2) is 0 Å². The first-order valence-electron chi connectivity index (χ1n) is 6.86. The first-order chi connectivity index (χ1) is 10.3. The molecule has 0 aliphatic carbocycles. The largest absolute Gasteiger partial charge is 0.464 e. The zero-order valence-corrected chi connectivity index (χ0v) is 13.0. The molecule has 2 atom stereocenters. The van der Waals surface area contributed by atoms with Crippen LogP contribution in [0.15, 0.2) is 18.2 Å². The second kappa shape index (κ2) is 7.84. The van der Waals surface area contributed by atoms with E-state index in [2.05, 4.69) is 5.32 Å². The van der Waals surface area contributed by atoms with Gasteiger partial charge in [0.2, 0.25) is 5.91 Å². The number of halogens is 2. The third kappa shape index (κ3) is 4.24. The molecule has 0 aromatic heterocycles. The molecule has 0 aliphatic rings. The number of benzene rings is 1. The van der Waals surface area contributed by atoms with E-state index in [0.717, 1.165) is 12.1 Å². The van der Waals surface area contributed by atoms with Gasteiger partial charge in [0.1, 0.15) is 23.7 Å². The Morgan fingerprint density at radius 3 is 2.27 bits per heavy atom. The van der Waals surface area contributed by atoms with Crippen LogP contribution in [0.25, 0.3) is 0 Å². The van der Waals surface area contributed by atoms with Gasteiger partial charge in [0, 0.05) is 0 Å². The lowest BCUT2D eigenvalue weighted by Gasteiger charge is -2.25. The normalized spacial score (nSPS) is 13.6. The number of ether oxygens (including phenoxy) is 1. The summed E-state index contributed by atoms with van der Waals surface area (Å²) in [5, 5.41) is 2.41. The van der Waals surface area contributed by atoms with Crippen LogP contribution in [0, 0.1) is 11.6 Å². The summed E-state index contributed by atoms with van der Waals surface area (Å²) in [5.41, 5.74) is -0.360. The molecule has 0 heterocycles. The van der Waals surface area contributed by atoms with E-state index in [-0.39, 0.29) is 12.2 Å². The number of rotatable bonds is 6. The molecule has 0 saturated heterocycles. The van der Waals surface area contributed by atoms with Gasteiger partial charge in [-0.05, 0) is 40.1 Å². The van der Waals surface area contributed by atoms with Gasteiger partial charge in [-0.1, -0.05) is 6.07 Å². The highest BCUT2D eigenvalue weighted by molar-refractivity contribution is 5.88. The molecule has 1 N–H and O–H groups in total. The molecule has 1 aromatic carbocycles. The van der Waals surface area contributed by atoms with Gasteiger partial charge < -0.3 is 10.1 Å². The fraction of sp³-hybridized carbons (Fsp3) is 0.467. The highest BCUT2D eigenvalue weighted by Crippen LogP contribution is 2.24. The van der Waals surface area contributed by atoms with Crippen molar-refractivity contribution < 1.29 is 23.1 Å². The monoisotopic (exact) mass is 314 g/mol. The Morgan fingerprint density at radius 2 is 1.82 bits per heavy atom. The van der Waals surface area contributed by atoms with Crippen LogP contribution in [-0.4, -0.2) is 43.5 Å². The predicted octanol–water partition coefficient (Wildman–Crippen LogP) is 1.64. The highest BCUT2D eigenvalue weighted by Gasteiger charge is 2.30. The van der Waals surface area contributed by atoms with Crippen molar-refractivity contribution in [3.05, 3.63) is 35.4 Å². The van der Waals surface area contributed by atoms with Crippen molar-refractivity contribution in [1.82, 2.24) is 10.2 Å². The number of carbonyl (C=O) groups is 2. The van der Waals surface area contributed by atoms with Crippen molar-refractivity contribution in [3.8, 4) is 0 Å². The van der Waals surface area contributed by atoms with Crippen LogP contribution in [0.1, 0.15) is 25.5 Å². The van der Waals surface area contributed by atoms with Gasteiger partial charge in [0.25, 0.3) is 0 Å². The van der Waals surface area contributed by atoms with Crippen LogP contribution in [0.5, 0.6) is 0 Å². The zero-order chi connectivity index (χ0) is 16.9. The predicted molar refractivity (Wildman–Crippen MR) is 77.0 cm³/mol. The summed E-state index contributed by atoms with van der Waals surface area (Å²) in [6.45, 7) is 3.27. The van der Waals surface area contributed by atoms with Crippen molar-refractivity contribution in [1.29, 1.82) is 0 Å². The molecular formula is C15H20F2N2O3. The van der Waals surface area contributed by atoms with E-state index in [1.54, 1.807) is 6.92 Å². The number of likely N-dealkylation sites (N-methyl/N-ethyl adjacent to an activating group) is 1. The Bertz CT molecular complexity index is 529. The van der Waals surface area contributed by atoms with Gasteiger partial charge in [0.05, 0.1) is 12.2 Å². The van der Waals surface area contributed by atoms with Gasteiger partial charge in [-0.25, -0.2) is 13.6 Å². The maximum Gasteiger partial charge on any atom is 0.328 e. The minimum absolute atomic E-state index is 0.179. The Hall–Kier alpha value is -2.02. The Kier molecular flexibility index (Phi) is 6.42. The van der Waals surface area contributed by atoms with Crippen LogP contribution >= 0.6 is 0 Å². The van der Waals surface area contributed by atoms with Crippen LogP contribution < -0.4 is 5.32 Å². The molecule has 0 aliphatic heterocycles. The van der Waals surface area contributed by atoms with Crippen molar-refractivity contribution in [3.63, 3.8) is 0 Å². The molecule has 22 heavy (non-hydrogen) atoms. The first kappa shape index (κ1) is 18.0. The van der Waals surface area contributed by atoms with Gasteiger partial charge >= 0.3 is 5.97 Å². The zero-order valence-electron chi connectivity index (χ0n) is 13.0. The van der Waals surface area contributed by atoms with Gasteiger partial charge in [-0.3, -0.25) is 9.69 Å². The van der Waals surface area contributed by atoms with E-state index in [1.165, 1.54) is 32.0 Å². The van der Waals surface area contributed by atoms with Gasteiger partial charge in [-0.2, -0.15) is 0 Å². The molecule has 0 saturated carbocycles. The molecule has 5 nitrogen and oxygen atoms in total. The quantitative estimate of drug-likeness (QED) is 0.811. The highest BCUT2D eigenvalue weighted by atomic mass is 19.1. The smallest absolute Gasteiger partial charge is 0.328 e. The minimum atomic E-state index is -1.20. The number of carbonyl (C=O) groups excluding carboxylic acids is 2. The third-order valence-electron chi connectivity index (χ3n) is 3.04. The summed E-state index contributed by atoms with van der Waals surface area (Å²) in [6, 6.07) is 1.27. The van der Waals surface area contributed by atoms with Crippen LogP contribution in [0.3, 0.4) is 0 Å². The number of esters is 1. The molecule has 0 fully saturated rings. The van der Waals surface area contributed by atoms with Crippen molar-refractivity contribution >= 4 is 11.9 Å². The van der Waals surface area contributed by atoms with Crippen LogP contribution in [-0.2, 0) is 14.3 Å². The Labute approximate surface area is 128 Å². The van der Waals surface area contributed by atoms with Gasteiger partial charge in [-0.15, -0.1) is 0 Å². The first-order valence-corrected chi connectivity index (χ1v) is 6.86. The molecule has 7 heteroatoms. The average Bonchev–Trinajstić information content (AvgIpc) is 2.42. The SMILES string of the molecule is CCOC(=O)[C@@H](C)NC(=O)[C@H](c1c(F)cccc1F)N(C)C. The molecule has 1 rings (SSSR count). The van der Waals surface area contributed by atoms with E-state index in [4.69, 9.17) is 4.74 Å². The fourth-order valence-corrected chi connectivity index (χ4v) is 2.01. The summed E-state index contributed by atoms with van der Waals surface area (Å²) in [6.07, 6.45) is 0. The summed E-state index contributed by atoms with van der Waals surface area (Å²) in [5.74, 6) is -2.94. The standard InChI is InChI=1S/C15H20F2N2O3/c1-5-22-15(21)9(2)18-14(20)13(19(3)4)12-10(16)7-6-8-11(12)17/h6-9,13H,5H2,1-4H3,(H,18,20)/t9-,13+/m1/s1. The van der Waals surface area contributed by atoms with E-state index < -0.39 is 35.6 Å². The van der Waals surface area contributed by atoms with E-state index in [0.29, 0.717) is 0 Å². The van der Waals surface area contributed by atoms with Crippen LogP contribution in [0.4, 0.5) is 8.78 Å². The Morgan fingerprint density at radius 1 is 1.27 bits per heavy atom. The summed E-state index contributed by atoms with van der Waals surface area (Å²) >= 11 is 0. The van der Waals surface area contributed by atoms with E-state index in [9.17, 15) is 18.4 Å². The Balaban J connectivity index is 3.02. The lowest BCUT2D eigenvalue weighted by Crippen LogP contribution is -2.45. The molecule has 0 radical (unpaired) electrons. The molecule has 0 spiro atoms. The maximum absolute atomic E-state index is 13.9. The molecule has 122 valence electrons. The molecule has 0 bridgehead atoms. The van der Waals surface area contributed by atoms with E-state index in [1.807, 2.05) is 0 Å². The molecule has 1 aromatic rings. The summed E-state index contributed by atoms with van der Waals surface area (Å²) in [4.78, 5) is 25.2. The van der Waals surface area contributed by atoms with Crippen molar-refractivity contribution in [2.24, 2.45) is 0 Å². The van der Waals surface area contributed by atoms with Crippen LogP contribution in [0.2, 0.25) is 0 Å². The average molecular weight is 314 g/mol. The number of hydrogen-bond donors (Lipinski definition) is 1. The molecule has 0 unspecified atom stereocenters. The van der Waals surface area contributed by atoms with Crippen molar-refractivity contribution in [2.45, 2.75) is 25.9 Å². The topological polar surface area (TPSA) is 58.6 Å². The minimum Gasteiger partial charge on any atom is -0.464 e. The number of hydrogen-bond acceptors (Lipinski definition) is 4. The maximum atomic E-state index is 13.9. The second-order valence-electron chi connectivity index (χ2n) is 4.98. The number of amides is 1. The second-order valence-corrected chi connectivity index (χ2v) is 4.98. The molecular weight excluding hydrogens is 294 g/mol. The number of nitrogens with zero attached hydrogens (tertiary/aromatic N) is 1. The fourth-order valence-electron chi connectivity index (χ4n) is 2.01. The third-order valence-corrected chi connectivity index (χ3v) is 3.04. The van der Waals surface area contributed by atoms with Crippen molar-refractivity contribution in [2.75, 3.05) is 20.7 Å². The molecule has 1 amide bonds. The lowest BCUT2D eigenvalue weighted by atomic mass is 10.0.